The summed E-state index contributed by atoms with van der Waals surface area (Å²) in [5, 5.41) is 0. The number of pyridine rings is 2. The highest BCUT2D eigenvalue weighted by Crippen LogP contribution is 2.32. The van der Waals surface area contributed by atoms with Gasteiger partial charge in [-0.05, 0) is 30.0 Å². The second-order valence-corrected chi connectivity index (χ2v) is 6.47. The molecule has 0 amide bonds. The molecule has 8 heteroatoms. The van der Waals surface area contributed by atoms with Crippen molar-refractivity contribution in [2.24, 2.45) is 4.99 Å². The molecule has 1 aliphatic rings. The summed E-state index contributed by atoms with van der Waals surface area (Å²) in [6, 6.07) is 5.80. The average molecular weight is 364 g/mol. The van der Waals surface area contributed by atoms with Crippen LogP contribution in [0.15, 0.2) is 52.7 Å². The minimum atomic E-state index is -4.40. The lowest BCUT2D eigenvalue weighted by molar-refractivity contribution is -0.137. The molecule has 0 aliphatic carbocycles. The summed E-state index contributed by atoms with van der Waals surface area (Å²) in [4.78, 5) is 15.4. The van der Waals surface area contributed by atoms with Gasteiger partial charge in [-0.3, -0.25) is 9.98 Å². The van der Waals surface area contributed by atoms with Gasteiger partial charge in [0.05, 0.1) is 12.1 Å². The molecule has 4 nitrogen and oxygen atoms in total. The molecule has 25 heavy (non-hydrogen) atoms. The Morgan fingerprint density at radius 1 is 1.20 bits per heavy atom. The van der Waals surface area contributed by atoms with E-state index in [9.17, 15) is 13.2 Å². The fourth-order valence-corrected chi connectivity index (χ4v) is 3.13. The monoisotopic (exact) mass is 364 g/mol. The number of halogens is 3. The third-order valence-electron chi connectivity index (χ3n) is 3.47. The average Bonchev–Trinajstić information content (AvgIpc) is 2.62. The van der Waals surface area contributed by atoms with E-state index in [2.05, 4.69) is 15.0 Å². The molecule has 2 aromatic heterocycles. The molecule has 0 unspecified atom stereocenters. The minimum Gasteiger partial charge on any atom is -0.325 e. The van der Waals surface area contributed by atoms with Crippen molar-refractivity contribution in [3.63, 3.8) is 0 Å². The van der Waals surface area contributed by atoms with Gasteiger partial charge in [0.1, 0.15) is 17.2 Å². The SMILES string of the molecule is CCSc1cccnc1C1=CN(c2cc(C(F)(F)F)ccn2)CC=N1. The van der Waals surface area contributed by atoms with Gasteiger partial charge in [-0.25, -0.2) is 4.98 Å². The molecule has 0 fully saturated rings. The van der Waals surface area contributed by atoms with Crippen molar-refractivity contribution < 1.29 is 13.2 Å². The minimum absolute atomic E-state index is 0.221. The van der Waals surface area contributed by atoms with E-state index in [-0.39, 0.29) is 5.82 Å². The Morgan fingerprint density at radius 3 is 2.80 bits per heavy atom. The third kappa shape index (κ3) is 4.01. The van der Waals surface area contributed by atoms with Crippen LogP contribution in [-0.4, -0.2) is 28.5 Å². The number of hydrogen-bond acceptors (Lipinski definition) is 5. The topological polar surface area (TPSA) is 41.4 Å². The summed E-state index contributed by atoms with van der Waals surface area (Å²) in [7, 11) is 0. The Hall–Kier alpha value is -2.35. The van der Waals surface area contributed by atoms with Gasteiger partial charge in [0.25, 0.3) is 0 Å². The van der Waals surface area contributed by atoms with Crippen molar-refractivity contribution in [1.82, 2.24) is 9.97 Å². The number of thioether (sulfide) groups is 1. The summed E-state index contributed by atoms with van der Waals surface area (Å²) < 4.78 is 38.7. The van der Waals surface area contributed by atoms with E-state index in [1.807, 2.05) is 19.1 Å². The lowest BCUT2D eigenvalue weighted by atomic mass is 10.2. The highest BCUT2D eigenvalue weighted by atomic mass is 32.2. The van der Waals surface area contributed by atoms with Crippen LogP contribution in [0.1, 0.15) is 18.2 Å². The molecule has 0 saturated carbocycles. The molecule has 0 radical (unpaired) electrons. The molecule has 0 atom stereocenters. The Bertz CT molecular complexity index is 818. The van der Waals surface area contributed by atoms with E-state index >= 15 is 0 Å². The lowest BCUT2D eigenvalue weighted by Crippen LogP contribution is -2.23. The molecule has 130 valence electrons. The molecule has 3 rings (SSSR count). The van der Waals surface area contributed by atoms with Gasteiger partial charge in [-0.2, -0.15) is 13.2 Å². The maximum absolute atomic E-state index is 12.9. The van der Waals surface area contributed by atoms with Crippen molar-refractivity contribution in [3.8, 4) is 0 Å². The Balaban J connectivity index is 1.95. The van der Waals surface area contributed by atoms with E-state index in [0.29, 0.717) is 17.9 Å². The van der Waals surface area contributed by atoms with E-state index in [0.717, 1.165) is 29.0 Å². The number of alkyl halides is 3. The predicted molar refractivity (Wildman–Crippen MR) is 93.7 cm³/mol. The standard InChI is InChI=1S/C17H15F3N4S/c1-2-25-14-4-3-6-23-16(14)13-11-24(9-8-21-13)15-10-12(5-7-22-15)17(18,19)20/h3-8,10-11H,2,9H2,1H3. The van der Waals surface area contributed by atoms with Crippen molar-refractivity contribution in [3.05, 3.63) is 54.1 Å². The summed E-state index contributed by atoms with van der Waals surface area (Å²) in [6.07, 6.45) is 1.76. The van der Waals surface area contributed by atoms with Crippen molar-refractivity contribution >= 4 is 29.5 Å². The van der Waals surface area contributed by atoms with Gasteiger partial charge >= 0.3 is 6.18 Å². The van der Waals surface area contributed by atoms with Gasteiger partial charge in [-0.1, -0.05) is 6.92 Å². The highest BCUT2D eigenvalue weighted by molar-refractivity contribution is 7.99. The Kier molecular flexibility index (Phi) is 5.08. The van der Waals surface area contributed by atoms with Crippen LogP contribution in [-0.2, 0) is 6.18 Å². The Labute approximate surface area is 147 Å². The molecule has 0 saturated heterocycles. The first-order valence-electron chi connectivity index (χ1n) is 7.61. The van der Waals surface area contributed by atoms with Crippen LogP contribution in [0.3, 0.4) is 0 Å². The fourth-order valence-electron chi connectivity index (χ4n) is 2.35. The van der Waals surface area contributed by atoms with Crippen LogP contribution < -0.4 is 4.90 Å². The zero-order valence-corrected chi connectivity index (χ0v) is 14.2. The molecule has 0 bridgehead atoms. The molecular weight excluding hydrogens is 349 g/mol. The normalized spacial score (nSPS) is 14.6. The molecule has 1 aliphatic heterocycles. The van der Waals surface area contributed by atoms with Crippen LogP contribution in [0.25, 0.3) is 5.70 Å². The number of nitrogens with zero attached hydrogens (tertiary/aromatic N) is 4. The second kappa shape index (κ2) is 7.26. The molecule has 3 heterocycles. The second-order valence-electron chi connectivity index (χ2n) is 5.16. The largest absolute Gasteiger partial charge is 0.416 e. The van der Waals surface area contributed by atoms with Crippen LogP contribution in [0.4, 0.5) is 19.0 Å². The van der Waals surface area contributed by atoms with Gasteiger partial charge in [-0.15, -0.1) is 11.8 Å². The molecule has 0 aromatic carbocycles. The first kappa shape index (κ1) is 17.5. The maximum atomic E-state index is 12.9. The van der Waals surface area contributed by atoms with Crippen molar-refractivity contribution in [2.45, 2.75) is 18.0 Å². The highest BCUT2D eigenvalue weighted by Gasteiger charge is 2.31. The zero-order valence-electron chi connectivity index (χ0n) is 13.4. The molecule has 2 aromatic rings. The quantitative estimate of drug-likeness (QED) is 0.749. The van der Waals surface area contributed by atoms with E-state index in [1.165, 1.54) is 0 Å². The Morgan fingerprint density at radius 2 is 2.04 bits per heavy atom. The maximum Gasteiger partial charge on any atom is 0.416 e. The number of aromatic nitrogens is 2. The number of anilines is 1. The molecular formula is C17H15F3N4S. The van der Waals surface area contributed by atoms with Crippen LogP contribution in [0.5, 0.6) is 0 Å². The zero-order chi connectivity index (χ0) is 17.9. The van der Waals surface area contributed by atoms with Gasteiger partial charge in [0, 0.05) is 29.7 Å². The first-order valence-corrected chi connectivity index (χ1v) is 8.60. The smallest absolute Gasteiger partial charge is 0.325 e. The summed E-state index contributed by atoms with van der Waals surface area (Å²) >= 11 is 1.64. The summed E-state index contributed by atoms with van der Waals surface area (Å²) in [6.45, 7) is 2.39. The summed E-state index contributed by atoms with van der Waals surface area (Å²) in [5.41, 5.74) is 0.583. The first-order chi connectivity index (χ1) is 12.0. The van der Waals surface area contributed by atoms with Crippen LogP contribution >= 0.6 is 11.8 Å². The number of rotatable bonds is 4. The lowest BCUT2D eigenvalue weighted by Gasteiger charge is -2.22. The van der Waals surface area contributed by atoms with Crippen LogP contribution in [0.2, 0.25) is 0 Å². The molecule has 0 spiro atoms. The molecule has 0 N–H and O–H groups in total. The third-order valence-corrected chi connectivity index (χ3v) is 4.40. The van der Waals surface area contributed by atoms with Crippen molar-refractivity contribution in [1.29, 1.82) is 0 Å². The van der Waals surface area contributed by atoms with Crippen molar-refractivity contribution in [2.75, 3.05) is 17.2 Å². The number of hydrogen-bond donors (Lipinski definition) is 0. The fraction of sp³-hybridized carbons (Fsp3) is 0.235. The summed E-state index contributed by atoms with van der Waals surface area (Å²) in [5.74, 6) is 1.10. The van der Waals surface area contributed by atoms with Crippen LogP contribution in [0, 0.1) is 0 Å². The van der Waals surface area contributed by atoms with Gasteiger partial charge in [0.15, 0.2) is 0 Å². The van der Waals surface area contributed by atoms with E-state index < -0.39 is 11.7 Å². The van der Waals surface area contributed by atoms with E-state index in [1.54, 1.807) is 35.3 Å². The van der Waals surface area contributed by atoms with Gasteiger partial charge in [0.2, 0.25) is 0 Å². The van der Waals surface area contributed by atoms with Gasteiger partial charge < -0.3 is 4.90 Å². The van der Waals surface area contributed by atoms with E-state index in [4.69, 9.17) is 0 Å². The number of aliphatic imine (C=N–C) groups is 1. The predicted octanol–water partition coefficient (Wildman–Crippen LogP) is 4.50.